The number of anilines is 1. The Labute approximate surface area is 169 Å². The average Bonchev–Trinajstić information content (AvgIpc) is 3.23. The molecule has 6 heteroatoms. The molecule has 0 spiro atoms. The number of carbonyl (C=O) groups is 1. The molecule has 1 aromatic carbocycles. The highest BCUT2D eigenvalue weighted by Crippen LogP contribution is 2.40. The normalized spacial score (nSPS) is 15.0. The molecule has 1 fully saturated rings. The lowest BCUT2D eigenvalue weighted by Crippen LogP contribution is -2.33. The largest absolute Gasteiger partial charge is 0.309 e. The number of para-hydroxylation sites is 1. The van der Waals surface area contributed by atoms with Crippen molar-refractivity contribution in [3.8, 4) is 5.69 Å². The third kappa shape index (κ3) is 4.34. The summed E-state index contributed by atoms with van der Waals surface area (Å²) in [7, 11) is 0. The number of nitrogens with zero attached hydrogens (tertiary/aromatic N) is 2. The van der Waals surface area contributed by atoms with E-state index in [0.29, 0.717) is 11.8 Å². The van der Waals surface area contributed by atoms with E-state index in [4.69, 9.17) is 5.10 Å². The summed E-state index contributed by atoms with van der Waals surface area (Å²) >= 11 is 1.72. The molecule has 2 heterocycles. The minimum atomic E-state index is -0.0540. The van der Waals surface area contributed by atoms with Crippen LogP contribution in [-0.2, 0) is 4.79 Å². The van der Waals surface area contributed by atoms with Crippen molar-refractivity contribution in [2.24, 2.45) is 5.92 Å². The number of hydrogen-bond acceptors (Lipinski definition) is 4. The maximum absolute atomic E-state index is 12.7. The van der Waals surface area contributed by atoms with Crippen molar-refractivity contribution >= 4 is 23.1 Å². The Hall–Kier alpha value is -2.44. The number of aromatic nitrogens is 2. The van der Waals surface area contributed by atoms with Crippen molar-refractivity contribution < 1.29 is 4.79 Å². The van der Waals surface area contributed by atoms with E-state index in [1.807, 2.05) is 41.1 Å². The SMILES string of the molecule is CC(C)C(NCC(=O)Nc1cc(C2CC2)nn1-c1ccccc1)c1cccs1. The Morgan fingerprint density at radius 3 is 2.64 bits per heavy atom. The summed E-state index contributed by atoms with van der Waals surface area (Å²) in [5, 5.41) is 13.3. The zero-order valence-corrected chi connectivity index (χ0v) is 17.1. The lowest BCUT2D eigenvalue weighted by molar-refractivity contribution is -0.115. The van der Waals surface area contributed by atoms with Crippen LogP contribution < -0.4 is 10.6 Å². The third-order valence-electron chi connectivity index (χ3n) is 4.99. The molecule has 1 unspecified atom stereocenters. The van der Waals surface area contributed by atoms with E-state index >= 15 is 0 Å². The van der Waals surface area contributed by atoms with Crippen molar-refractivity contribution in [2.45, 2.75) is 38.6 Å². The van der Waals surface area contributed by atoms with Gasteiger partial charge in [0.1, 0.15) is 5.82 Å². The maximum atomic E-state index is 12.7. The first-order chi connectivity index (χ1) is 13.6. The third-order valence-corrected chi connectivity index (χ3v) is 5.95. The molecule has 146 valence electrons. The molecule has 1 atom stereocenters. The first-order valence-corrected chi connectivity index (χ1v) is 10.7. The van der Waals surface area contributed by atoms with E-state index in [2.05, 4.69) is 42.0 Å². The summed E-state index contributed by atoms with van der Waals surface area (Å²) in [4.78, 5) is 13.9. The first kappa shape index (κ1) is 18.9. The van der Waals surface area contributed by atoms with Crippen molar-refractivity contribution in [3.05, 3.63) is 64.5 Å². The van der Waals surface area contributed by atoms with Crippen LogP contribution in [0.3, 0.4) is 0 Å². The Kier molecular flexibility index (Phi) is 5.59. The van der Waals surface area contributed by atoms with Crippen LogP contribution in [0.15, 0.2) is 53.9 Å². The fourth-order valence-electron chi connectivity index (χ4n) is 3.36. The minimum absolute atomic E-state index is 0.0540. The van der Waals surface area contributed by atoms with Crippen molar-refractivity contribution in [2.75, 3.05) is 11.9 Å². The highest BCUT2D eigenvalue weighted by molar-refractivity contribution is 7.10. The second kappa shape index (κ2) is 8.29. The van der Waals surface area contributed by atoms with Gasteiger partial charge in [0.15, 0.2) is 0 Å². The average molecular weight is 395 g/mol. The monoisotopic (exact) mass is 394 g/mol. The number of thiophene rings is 1. The highest BCUT2D eigenvalue weighted by atomic mass is 32.1. The van der Waals surface area contributed by atoms with Crippen LogP contribution in [0.25, 0.3) is 5.69 Å². The molecule has 1 aliphatic rings. The number of nitrogens with one attached hydrogen (secondary N) is 2. The van der Waals surface area contributed by atoms with E-state index in [0.717, 1.165) is 17.2 Å². The predicted octanol–water partition coefficient (Wildman–Crippen LogP) is 4.74. The molecule has 0 bridgehead atoms. The number of amides is 1. The Morgan fingerprint density at radius 1 is 1.21 bits per heavy atom. The molecule has 1 aliphatic carbocycles. The summed E-state index contributed by atoms with van der Waals surface area (Å²) in [6.07, 6.45) is 2.36. The van der Waals surface area contributed by atoms with Crippen LogP contribution >= 0.6 is 11.3 Å². The molecule has 0 aliphatic heterocycles. The Balaban J connectivity index is 1.47. The minimum Gasteiger partial charge on any atom is -0.309 e. The fourth-order valence-corrected chi connectivity index (χ4v) is 4.33. The lowest BCUT2D eigenvalue weighted by atomic mass is 10.0. The first-order valence-electron chi connectivity index (χ1n) is 9.84. The molecule has 2 aromatic heterocycles. The number of carbonyl (C=O) groups excluding carboxylic acids is 1. The molecule has 5 nitrogen and oxygen atoms in total. The lowest BCUT2D eigenvalue weighted by Gasteiger charge is -2.21. The van der Waals surface area contributed by atoms with Gasteiger partial charge in [-0.05, 0) is 42.3 Å². The molecule has 3 aromatic rings. The standard InChI is InChI=1S/C22H26N4OS/c1-15(2)22(19-9-6-12-28-19)23-14-21(27)24-20-13-18(16-10-11-16)25-26(20)17-7-4-3-5-8-17/h3-9,12-13,15-16,22-23H,10-11,14H2,1-2H3,(H,24,27). The smallest absolute Gasteiger partial charge is 0.239 e. The summed E-state index contributed by atoms with van der Waals surface area (Å²) in [6, 6.07) is 16.3. The van der Waals surface area contributed by atoms with Crippen LogP contribution in [0.2, 0.25) is 0 Å². The molecular weight excluding hydrogens is 368 g/mol. The zero-order valence-electron chi connectivity index (χ0n) is 16.3. The molecule has 28 heavy (non-hydrogen) atoms. The molecule has 2 N–H and O–H groups in total. The zero-order chi connectivity index (χ0) is 19.5. The van der Waals surface area contributed by atoms with Gasteiger partial charge < -0.3 is 10.6 Å². The van der Waals surface area contributed by atoms with Gasteiger partial charge in [-0.2, -0.15) is 5.10 Å². The van der Waals surface area contributed by atoms with Gasteiger partial charge in [0.05, 0.1) is 17.9 Å². The van der Waals surface area contributed by atoms with Crippen LogP contribution in [-0.4, -0.2) is 22.2 Å². The highest BCUT2D eigenvalue weighted by Gasteiger charge is 2.28. The second-order valence-electron chi connectivity index (χ2n) is 7.64. The second-order valence-corrected chi connectivity index (χ2v) is 8.62. The van der Waals surface area contributed by atoms with Gasteiger partial charge in [-0.3, -0.25) is 4.79 Å². The van der Waals surface area contributed by atoms with Gasteiger partial charge in [-0.25, -0.2) is 4.68 Å². The molecule has 1 saturated carbocycles. The number of rotatable bonds is 8. The van der Waals surface area contributed by atoms with Crippen LogP contribution in [0, 0.1) is 5.92 Å². The molecule has 0 saturated heterocycles. The van der Waals surface area contributed by atoms with E-state index in [1.165, 1.54) is 17.7 Å². The Bertz CT molecular complexity index is 913. The number of benzene rings is 1. The van der Waals surface area contributed by atoms with Crippen LogP contribution in [0.4, 0.5) is 5.82 Å². The maximum Gasteiger partial charge on any atom is 0.239 e. The molecule has 0 radical (unpaired) electrons. The van der Waals surface area contributed by atoms with Gasteiger partial charge in [-0.1, -0.05) is 38.1 Å². The van der Waals surface area contributed by atoms with E-state index < -0.39 is 0 Å². The Morgan fingerprint density at radius 2 is 2.00 bits per heavy atom. The van der Waals surface area contributed by atoms with Gasteiger partial charge in [0.25, 0.3) is 0 Å². The summed E-state index contributed by atoms with van der Waals surface area (Å²) in [5.74, 6) is 1.62. The van der Waals surface area contributed by atoms with Gasteiger partial charge >= 0.3 is 0 Å². The molecule has 4 rings (SSSR count). The van der Waals surface area contributed by atoms with E-state index in [9.17, 15) is 4.79 Å². The quantitative estimate of drug-likeness (QED) is 0.580. The van der Waals surface area contributed by atoms with E-state index in [1.54, 1.807) is 11.3 Å². The topological polar surface area (TPSA) is 59.0 Å². The van der Waals surface area contributed by atoms with Crippen LogP contribution in [0.5, 0.6) is 0 Å². The predicted molar refractivity (Wildman–Crippen MR) is 114 cm³/mol. The summed E-state index contributed by atoms with van der Waals surface area (Å²) in [6.45, 7) is 4.60. The van der Waals surface area contributed by atoms with Gasteiger partial charge in [-0.15, -0.1) is 11.3 Å². The van der Waals surface area contributed by atoms with Crippen LogP contribution in [0.1, 0.15) is 49.2 Å². The molecule has 1 amide bonds. The van der Waals surface area contributed by atoms with Crippen molar-refractivity contribution in [1.82, 2.24) is 15.1 Å². The molecular formula is C22H26N4OS. The summed E-state index contributed by atoms with van der Waals surface area (Å²) < 4.78 is 1.84. The van der Waals surface area contributed by atoms with Crippen molar-refractivity contribution in [3.63, 3.8) is 0 Å². The number of hydrogen-bond donors (Lipinski definition) is 2. The van der Waals surface area contributed by atoms with Gasteiger partial charge in [0, 0.05) is 22.9 Å². The fraction of sp³-hybridized carbons (Fsp3) is 0.364. The van der Waals surface area contributed by atoms with Gasteiger partial charge in [0.2, 0.25) is 5.91 Å². The van der Waals surface area contributed by atoms with E-state index in [-0.39, 0.29) is 18.5 Å². The van der Waals surface area contributed by atoms with Crippen molar-refractivity contribution in [1.29, 1.82) is 0 Å². The summed E-state index contributed by atoms with van der Waals surface area (Å²) in [5.41, 5.74) is 2.02.